The molecule has 124 valence electrons. The molecule has 0 aromatic carbocycles. The van der Waals surface area contributed by atoms with Gasteiger partial charge in [0.15, 0.2) is 0 Å². The average molecular weight is 297 g/mol. The van der Waals surface area contributed by atoms with Crippen molar-refractivity contribution < 1.29 is 0 Å². The van der Waals surface area contributed by atoms with Gasteiger partial charge in [-0.25, -0.2) is 0 Å². The van der Waals surface area contributed by atoms with Gasteiger partial charge in [0, 0.05) is 51.4 Å². The van der Waals surface area contributed by atoms with Crippen molar-refractivity contribution in [1.82, 2.24) is 14.7 Å². The van der Waals surface area contributed by atoms with E-state index in [-0.39, 0.29) is 5.54 Å². The Balaban J connectivity index is 1.88. The largest absolute Gasteiger partial charge is 0.329 e. The van der Waals surface area contributed by atoms with Crippen LogP contribution in [0.2, 0.25) is 0 Å². The summed E-state index contributed by atoms with van der Waals surface area (Å²) in [5, 5.41) is 0. The van der Waals surface area contributed by atoms with Gasteiger partial charge in [0.05, 0.1) is 0 Å². The van der Waals surface area contributed by atoms with Gasteiger partial charge in [0.1, 0.15) is 0 Å². The highest BCUT2D eigenvalue weighted by atomic mass is 15.3. The van der Waals surface area contributed by atoms with Gasteiger partial charge in [-0.15, -0.1) is 0 Å². The van der Waals surface area contributed by atoms with Gasteiger partial charge >= 0.3 is 0 Å². The molecule has 1 aliphatic carbocycles. The van der Waals surface area contributed by atoms with E-state index in [1.807, 2.05) is 0 Å². The molecule has 2 aliphatic rings. The Morgan fingerprint density at radius 3 is 2.52 bits per heavy atom. The Hall–Kier alpha value is -0.160. The van der Waals surface area contributed by atoms with Crippen molar-refractivity contribution in [3.63, 3.8) is 0 Å². The molecule has 4 nitrogen and oxygen atoms in total. The molecule has 0 amide bonds. The third-order valence-corrected chi connectivity index (χ3v) is 5.78. The zero-order valence-electron chi connectivity index (χ0n) is 14.5. The maximum Gasteiger partial charge on any atom is 0.0334 e. The lowest BCUT2D eigenvalue weighted by Gasteiger charge is -2.48. The summed E-state index contributed by atoms with van der Waals surface area (Å²) in [5.74, 6) is 0.833. The third-order valence-electron chi connectivity index (χ3n) is 5.78. The number of nitrogens with two attached hydrogens (primary N) is 1. The number of hydrogen-bond acceptors (Lipinski definition) is 4. The van der Waals surface area contributed by atoms with Gasteiger partial charge in [-0.2, -0.15) is 0 Å². The van der Waals surface area contributed by atoms with Crippen molar-refractivity contribution in [1.29, 1.82) is 0 Å². The van der Waals surface area contributed by atoms with Crippen LogP contribution in [-0.2, 0) is 0 Å². The fourth-order valence-electron chi connectivity index (χ4n) is 4.30. The molecule has 2 unspecified atom stereocenters. The van der Waals surface area contributed by atoms with Crippen LogP contribution in [0.5, 0.6) is 0 Å². The van der Waals surface area contributed by atoms with E-state index in [1.165, 1.54) is 65.0 Å². The summed E-state index contributed by atoms with van der Waals surface area (Å²) in [6.07, 6.45) is 5.33. The predicted octanol–water partition coefficient (Wildman–Crippen LogP) is 1.46. The molecule has 21 heavy (non-hydrogen) atoms. The molecule has 0 aromatic rings. The first kappa shape index (κ1) is 17.2. The molecular weight excluding hydrogens is 260 g/mol. The van der Waals surface area contributed by atoms with Crippen molar-refractivity contribution in [2.24, 2.45) is 11.7 Å². The normalized spacial score (nSPS) is 32.7. The summed E-state index contributed by atoms with van der Waals surface area (Å²) in [6, 6.07) is 0. The van der Waals surface area contributed by atoms with Crippen molar-refractivity contribution in [2.45, 2.75) is 45.1 Å². The maximum atomic E-state index is 6.24. The standard InChI is InChI=1S/C17H36N4/c1-4-21(13-12-20-10-8-19(3)9-11-20)17(15-18)7-5-6-16(2)14-17/h16H,4-15,18H2,1-3H3. The summed E-state index contributed by atoms with van der Waals surface area (Å²) < 4.78 is 0. The van der Waals surface area contributed by atoms with E-state index in [0.29, 0.717) is 0 Å². The molecule has 0 bridgehead atoms. The lowest BCUT2D eigenvalue weighted by molar-refractivity contribution is 0.0307. The monoisotopic (exact) mass is 296 g/mol. The van der Waals surface area contributed by atoms with E-state index < -0.39 is 0 Å². The van der Waals surface area contributed by atoms with Crippen LogP contribution in [0.3, 0.4) is 0 Å². The van der Waals surface area contributed by atoms with E-state index in [4.69, 9.17) is 5.73 Å². The molecule has 2 rings (SSSR count). The first-order valence-electron chi connectivity index (χ1n) is 8.95. The van der Waals surface area contributed by atoms with Gasteiger partial charge in [-0.1, -0.05) is 26.7 Å². The molecule has 0 aromatic heterocycles. The Bertz CT molecular complexity index is 301. The summed E-state index contributed by atoms with van der Waals surface area (Å²) in [6.45, 7) is 13.9. The fraction of sp³-hybridized carbons (Fsp3) is 1.00. The van der Waals surface area contributed by atoms with E-state index in [2.05, 4.69) is 35.6 Å². The summed E-state index contributed by atoms with van der Waals surface area (Å²) in [5.41, 5.74) is 6.52. The quantitative estimate of drug-likeness (QED) is 0.805. The summed E-state index contributed by atoms with van der Waals surface area (Å²) >= 11 is 0. The smallest absolute Gasteiger partial charge is 0.0334 e. The first-order chi connectivity index (χ1) is 10.1. The Kier molecular flexibility index (Phi) is 6.48. The molecule has 2 N–H and O–H groups in total. The van der Waals surface area contributed by atoms with E-state index >= 15 is 0 Å². The number of nitrogens with zero attached hydrogens (tertiary/aromatic N) is 3. The number of piperazine rings is 1. The van der Waals surface area contributed by atoms with Crippen molar-refractivity contribution in [3.05, 3.63) is 0 Å². The minimum Gasteiger partial charge on any atom is -0.329 e. The molecule has 4 heteroatoms. The molecule has 2 atom stereocenters. The van der Waals surface area contributed by atoms with E-state index in [0.717, 1.165) is 19.0 Å². The van der Waals surface area contributed by atoms with Crippen LogP contribution in [0.1, 0.15) is 39.5 Å². The molecule has 1 aliphatic heterocycles. The van der Waals surface area contributed by atoms with E-state index in [1.54, 1.807) is 0 Å². The van der Waals surface area contributed by atoms with Crippen molar-refractivity contribution >= 4 is 0 Å². The molecule has 0 spiro atoms. The van der Waals surface area contributed by atoms with Crippen molar-refractivity contribution in [2.75, 3.05) is 59.4 Å². The van der Waals surface area contributed by atoms with Gasteiger partial charge in [-0.3, -0.25) is 9.80 Å². The lowest BCUT2D eigenvalue weighted by Crippen LogP contribution is -2.58. The van der Waals surface area contributed by atoms with Crippen LogP contribution in [0, 0.1) is 5.92 Å². The van der Waals surface area contributed by atoms with Gasteiger partial charge in [0.25, 0.3) is 0 Å². The second-order valence-corrected chi connectivity index (χ2v) is 7.35. The average Bonchev–Trinajstić information content (AvgIpc) is 2.49. The lowest BCUT2D eigenvalue weighted by atomic mass is 9.75. The van der Waals surface area contributed by atoms with Gasteiger partial charge in [-0.05, 0) is 32.4 Å². The molecule has 1 saturated carbocycles. The summed E-state index contributed by atoms with van der Waals surface area (Å²) in [7, 11) is 2.22. The van der Waals surface area contributed by atoms with Crippen LogP contribution in [0.4, 0.5) is 0 Å². The molecule has 2 fully saturated rings. The minimum absolute atomic E-state index is 0.277. The Morgan fingerprint density at radius 1 is 1.24 bits per heavy atom. The molecule has 1 heterocycles. The Morgan fingerprint density at radius 2 is 1.95 bits per heavy atom. The highest BCUT2D eigenvalue weighted by molar-refractivity contribution is 4.96. The number of likely N-dealkylation sites (N-methyl/N-ethyl adjacent to an activating group) is 2. The van der Waals surface area contributed by atoms with Crippen LogP contribution in [0.25, 0.3) is 0 Å². The van der Waals surface area contributed by atoms with Crippen LogP contribution < -0.4 is 5.73 Å². The van der Waals surface area contributed by atoms with Crippen LogP contribution in [0.15, 0.2) is 0 Å². The van der Waals surface area contributed by atoms with Gasteiger partial charge in [0.2, 0.25) is 0 Å². The molecule has 1 saturated heterocycles. The number of hydrogen-bond donors (Lipinski definition) is 1. The highest BCUT2D eigenvalue weighted by Crippen LogP contribution is 2.36. The maximum absolute atomic E-state index is 6.24. The molecule has 0 radical (unpaired) electrons. The van der Waals surface area contributed by atoms with Crippen LogP contribution in [-0.4, -0.2) is 79.6 Å². The second-order valence-electron chi connectivity index (χ2n) is 7.35. The first-order valence-corrected chi connectivity index (χ1v) is 8.95. The zero-order valence-corrected chi connectivity index (χ0v) is 14.5. The minimum atomic E-state index is 0.277. The Labute approximate surface area is 131 Å². The van der Waals surface area contributed by atoms with Crippen molar-refractivity contribution in [3.8, 4) is 0 Å². The highest BCUT2D eigenvalue weighted by Gasteiger charge is 2.38. The number of rotatable bonds is 6. The molecular formula is C17H36N4. The predicted molar refractivity (Wildman–Crippen MR) is 90.6 cm³/mol. The summed E-state index contributed by atoms with van der Waals surface area (Å²) in [4.78, 5) is 7.75. The SMILES string of the molecule is CCN(CCN1CCN(C)CC1)C1(CN)CCCC(C)C1. The second kappa shape index (κ2) is 7.91. The third kappa shape index (κ3) is 4.41. The van der Waals surface area contributed by atoms with Gasteiger partial charge < -0.3 is 10.6 Å². The van der Waals surface area contributed by atoms with E-state index in [9.17, 15) is 0 Å². The fourth-order valence-corrected chi connectivity index (χ4v) is 4.30. The zero-order chi connectivity index (χ0) is 15.3. The van der Waals surface area contributed by atoms with Crippen LogP contribution >= 0.6 is 0 Å². The topological polar surface area (TPSA) is 35.7 Å².